The van der Waals surface area contributed by atoms with Gasteiger partial charge in [-0.25, -0.2) is 15.0 Å². The van der Waals surface area contributed by atoms with Crippen LogP contribution in [-0.2, 0) is 4.74 Å². The Bertz CT molecular complexity index is 1030. The van der Waals surface area contributed by atoms with Crippen molar-refractivity contribution in [1.29, 1.82) is 0 Å². The van der Waals surface area contributed by atoms with Crippen LogP contribution in [0.25, 0.3) is 22.4 Å². The van der Waals surface area contributed by atoms with Crippen LogP contribution in [0.1, 0.15) is 12.8 Å². The maximum Gasteiger partial charge on any atom is 0.177 e. The Balaban J connectivity index is 1.42. The molecule has 2 aliphatic heterocycles. The molecule has 5 rings (SSSR count). The van der Waals surface area contributed by atoms with Crippen LogP contribution in [0.15, 0.2) is 18.5 Å². The van der Waals surface area contributed by atoms with Crippen LogP contribution in [0, 0.1) is 5.41 Å². The van der Waals surface area contributed by atoms with Gasteiger partial charge in [-0.05, 0) is 18.9 Å². The molecule has 3 aromatic heterocycles. The summed E-state index contributed by atoms with van der Waals surface area (Å²) < 4.78 is 5.60. The zero-order chi connectivity index (χ0) is 19.3. The van der Waals surface area contributed by atoms with Gasteiger partial charge in [-0.3, -0.25) is 5.10 Å². The second-order valence-electron chi connectivity index (χ2n) is 7.53. The van der Waals surface area contributed by atoms with Gasteiger partial charge in [0, 0.05) is 36.3 Å². The van der Waals surface area contributed by atoms with Gasteiger partial charge in [0.15, 0.2) is 5.65 Å². The number of fused-ring (bicyclic) bond motifs is 1. The van der Waals surface area contributed by atoms with Crippen molar-refractivity contribution >= 4 is 34.4 Å². The highest BCUT2D eigenvalue weighted by Gasteiger charge is 2.44. The Morgan fingerprint density at radius 2 is 2.11 bits per heavy atom. The van der Waals surface area contributed by atoms with Crippen LogP contribution >= 0.6 is 11.6 Å². The molecule has 2 saturated heterocycles. The number of H-pyrrole nitrogens is 1. The minimum absolute atomic E-state index is 0.104. The molecule has 0 bridgehead atoms. The van der Waals surface area contributed by atoms with Crippen LogP contribution in [-0.4, -0.2) is 57.5 Å². The minimum Gasteiger partial charge on any atom is -0.382 e. The lowest BCUT2D eigenvalue weighted by Gasteiger charge is -2.41. The number of nitrogens with zero attached hydrogens (tertiary/aromatic N) is 5. The number of halogens is 1. The van der Waals surface area contributed by atoms with Crippen LogP contribution in [0.3, 0.4) is 0 Å². The van der Waals surface area contributed by atoms with Crippen molar-refractivity contribution < 1.29 is 4.74 Å². The Kier molecular flexibility index (Phi) is 4.11. The van der Waals surface area contributed by atoms with E-state index >= 15 is 0 Å². The lowest BCUT2D eigenvalue weighted by atomic mass is 9.75. The molecule has 5 N–H and O–H groups in total. The predicted molar refractivity (Wildman–Crippen MR) is 107 cm³/mol. The number of nitrogens with two attached hydrogens (primary N) is 2. The van der Waals surface area contributed by atoms with Gasteiger partial charge in [-0.2, -0.15) is 5.10 Å². The number of nitrogen functional groups attached to an aromatic ring is 1. The Hall–Kier alpha value is -2.49. The molecular formula is C18H21ClN8O. The molecule has 3 aromatic rings. The highest BCUT2D eigenvalue weighted by molar-refractivity contribution is 6.35. The number of piperidine rings is 1. The lowest BCUT2D eigenvalue weighted by Crippen LogP contribution is -2.49. The van der Waals surface area contributed by atoms with Crippen LogP contribution < -0.4 is 16.4 Å². The van der Waals surface area contributed by atoms with Crippen molar-refractivity contribution in [3.05, 3.63) is 23.5 Å². The number of aromatic nitrogens is 5. The average molecular weight is 401 g/mol. The number of ether oxygens (including phenoxy) is 1. The third-order valence-electron chi connectivity index (χ3n) is 5.99. The van der Waals surface area contributed by atoms with Gasteiger partial charge in [0.1, 0.15) is 22.8 Å². The second kappa shape index (κ2) is 6.54. The van der Waals surface area contributed by atoms with Crippen LogP contribution in [0.5, 0.6) is 0 Å². The van der Waals surface area contributed by atoms with E-state index in [9.17, 15) is 0 Å². The fourth-order valence-electron chi connectivity index (χ4n) is 4.15. The van der Waals surface area contributed by atoms with Crippen LogP contribution in [0.4, 0.5) is 11.6 Å². The molecule has 10 heteroatoms. The number of nitrogens with one attached hydrogen (secondary N) is 1. The molecular weight excluding hydrogens is 380 g/mol. The van der Waals surface area contributed by atoms with E-state index in [1.165, 1.54) is 0 Å². The molecule has 0 amide bonds. The molecule has 0 radical (unpaired) electrons. The minimum atomic E-state index is 0.104. The largest absolute Gasteiger partial charge is 0.382 e. The Labute approximate surface area is 166 Å². The molecule has 5 heterocycles. The summed E-state index contributed by atoms with van der Waals surface area (Å²) in [5.74, 6) is 1.08. The van der Waals surface area contributed by atoms with E-state index in [2.05, 4.69) is 25.1 Å². The predicted octanol–water partition coefficient (Wildman–Crippen LogP) is 1.59. The molecule has 1 unspecified atom stereocenters. The standard InChI is InChI=1S/C18H21ClN8O/c19-13-10(1-4-22-16(13)21)14-15-17(26-25-14)24-12(7-23-15)27-5-2-18(3-6-27)9-28-8-11(18)20/h1,4,7,11H,2-3,5-6,8-9,20H2,(H2,21,22)(H,24,25,26). The molecule has 2 fully saturated rings. The lowest BCUT2D eigenvalue weighted by molar-refractivity contribution is 0.131. The first-order valence-corrected chi connectivity index (χ1v) is 9.65. The fourth-order valence-corrected chi connectivity index (χ4v) is 4.35. The summed E-state index contributed by atoms with van der Waals surface area (Å²) in [5, 5.41) is 7.67. The normalized spacial score (nSPS) is 21.6. The quantitative estimate of drug-likeness (QED) is 0.590. The first kappa shape index (κ1) is 17.6. The van der Waals surface area contributed by atoms with E-state index < -0.39 is 0 Å². The van der Waals surface area contributed by atoms with Gasteiger partial charge in [0.2, 0.25) is 0 Å². The number of anilines is 2. The van der Waals surface area contributed by atoms with E-state index in [1.54, 1.807) is 18.5 Å². The maximum absolute atomic E-state index is 6.29. The Morgan fingerprint density at radius 1 is 1.29 bits per heavy atom. The third-order valence-corrected chi connectivity index (χ3v) is 6.38. The number of hydrogen-bond donors (Lipinski definition) is 3. The SMILES string of the molecule is Nc1nccc(-c2n[nH]c3nc(N4CCC5(CC4)COCC5N)cnc23)c1Cl. The van der Waals surface area contributed by atoms with Crippen molar-refractivity contribution in [2.45, 2.75) is 18.9 Å². The van der Waals surface area contributed by atoms with Gasteiger partial charge in [0.25, 0.3) is 0 Å². The molecule has 9 nitrogen and oxygen atoms in total. The van der Waals surface area contributed by atoms with E-state index in [0.29, 0.717) is 34.1 Å². The zero-order valence-electron chi connectivity index (χ0n) is 15.2. The van der Waals surface area contributed by atoms with Crippen LogP contribution in [0.2, 0.25) is 5.02 Å². The molecule has 2 aliphatic rings. The van der Waals surface area contributed by atoms with Gasteiger partial charge in [-0.1, -0.05) is 11.6 Å². The van der Waals surface area contributed by atoms with Crippen molar-refractivity contribution in [3.8, 4) is 11.3 Å². The number of pyridine rings is 1. The molecule has 146 valence electrons. The van der Waals surface area contributed by atoms with Crippen molar-refractivity contribution in [2.24, 2.45) is 11.1 Å². The monoisotopic (exact) mass is 400 g/mol. The summed E-state index contributed by atoms with van der Waals surface area (Å²) in [6.45, 7) is 3.17. The summed E-state index contributed by atoms with van der Waals surface area (Å²) in [5.41, 5.74) is 14.7. The molecule has 1 atom stereocenters. The topological polar surface area (TPSA) is 132 Å². The molecule has 0 aliphatic carbocycles. The van der Waals surface area contributed by atoms with Gasteiger partial charge in [-0.15, -0.1) is 0 Å². The first-order valence-electron chi connectivity index (χ1n) is 9.27. The molecule has 1 spiro atoms. The van der Waals surface area contributed by atoms with E-state index in [-0.39, 0.29) is 17.3 Å². The zero-order valence-corrected chi connectivity index (χ0v) is 16.0. The Morgan fingerprint density at radius 3 is 2.86 bits per heavy atom. The summed E-state index contributed by atoms with van der Waals surface area (Å²) in [6.07, 6.45) is 5.37. The molecule has 0 aromatic carbocycles. The van der Waals surface area contributed by atoms with Gasteiger partial charge in [0.05, 0.1) is 24.4 Å². The second-order valence-corrected chi connectivity index (χ2v) is 7.90. The summed E-state index contributed by atoms with van der Waals surface area (Å²) in [4.78, 5) is 15.5. The smallest absolute Gasteiger partial charge is 0.177 e. The maximum atomic E-state index is 6.29. The van der Waals surface area contributed by atoms with Crippen molar-refractivity contribution in [1.82, 2.24) is 25.1 Å². The highest BCUT2D eigenvalue weighted by atomic mass is 35.5. The molecule has 0 saturated carbocycles. The highest BCUT2D eigenvalue weighted by Crippen LogP contribution is 2.39. The number of rotatable bonds is 2. The van der Waals surface area contributed by atoms with E-state index in [4.69, 9.17) is 32.8 Å². The number of aromatic amines is 1. The van der Waals surface area contributed by atoms with E-state index in [0.717, 1.165) is 38.4 Å². The van der Waals surface area contributed by atoms with Crippen molar-refractivity contribution in [3.63, 3.8) is 0 Å². The summed E-state index contributed by atoms with van der Waals surface area (Å²) >= 11 is 6.29. The van der Waals surface area contributed by atoms with Gasteiger partial charge < -0.3 is 21.1 Å². The van der Waals surface area contributed by atoms with Crippen molar-refractivity contribution in [2.75, 3.05) is 36.9 Å². The van der Waals surface area contributed by atoms with E-state index in [1.807, 2.05) is 0 Å². The van der Waals surface area contributed by atoms with Gasteiger partial charge >= 0.3 is 0 Å². The fraction of sp³-hybridized carbons (Fsp3) is 0.444. The third kappa shape index (κ3) is 2.69. The summed E-state index contributed by atoms with van der Waals surface area (Å²) in [7, 11) is 0. The first-order chi connectivity index (χ1) is 13.6. The summed E-state index contributed by atoms with van der Waals surface area (Å²) in [6, 6.07) is 1.89. The molecule has 28 heavy (non-hydrogen) atoms. The number of hydrogen-bond acceptors (Lipinski definition) is 8. The average Bonchev–Trinajstić information content (AvgIpc) is 3.28.